The molecule has 2 aromatic heterocycles. The van der Waals surface area contributed by atoms with E-state index >= 15 is 0 Å². The zero-order valence-corrected chi connectivity index (χ0v) is 14.9. The Balaban J connectivity index is 1.72. The average molecular weight is 372 g/mol. The Labute approximate surface area is 159 Å². The van der Waals surface area contributed by atoms with Gasteiger partial charge in [-0.05, 0) is 36.4 Å². The average Bonchev–Trinajstić information content (AvgIpc) is 3.39. The van der Waals surface area contributed by atoms with Crippen LogP contribution in [0, 0.1) is 0 Å². The van der Waals surface area contributed by atoms with Crippen LogP contribution in [-0.4, -0.2) is 33.1 Å². The van der Waals surface area contributed by atoms with Gasteiger partial charge in [-0.2, -0.15) is 0 Å². The molecule has 138 valence electrons. The second kappa shape index (κ2) is 6.02. The molecular weight excluding hydrogens is 356 g/mol. The summed E-state index contributed by atoms with van der Waals surface area (Å²) < 4.78 is 5.32. The minimum Gasteiger partial charge on any atom is -0.507 e. The van der Waals surface area contributed by atoms with E-state index in [4.69, 9.17) is 4.74 Å². The summed E-state index contributed by atoms with van der Waals surface area (Å²) >= 11 is 0. The number of hydrogen-bond donors (Lipinski definition) is 4. The van der Waals surface area contributed by atoms with Crippen molar-refractivity contribution in [1.29, 1.82) is 0 Å². The topological polar surface area (TPSA) is 103 Å². The normalized spacial score (nSPS) is 14.5. The van der Waals surface area contributed by atoms with Gasteiger partial charge in [0.15, 0.2) is 0 Å². The molecular formula is C21H16N4O3. The van der Waals surface area contributed by atoms with Gasteiger partial charge < -0.3 is 25.1 Å². The highest BCUT2D eigenvalue weighted by molar-refractivity contribution is 6.37. The lowest BCUT2D eigenvalue weighted by molar-refractivity contribution is -0.110. The molecule has 1 amide bonds. The monoisotopic (exact) mass is 372 g/mol. The molecule has 28 heavy (non-hydrogen) atoms. The second-order valence-electron chi connectivity index (χ2n) is 6.46. The fraction of sp³-hybridized carbons (Fsp3) is 0.0476. The van der Waals surface area contributed by atoms with E-state index in [1.165, 1.54) is 0 Å². The van der Waals surface area contributed by atoms with Gasteiger partial charge in [0.1, 0.15) is 17.3 Å². The molecule has 7 heteroatoms. The van der Waals surface area contributed by atoms with Gasteiger partial charge in [-0.25, -0.2) is 4.98 Å². The van der Waals surface area contributed by atoms with Gasteiger partial charge in [0, 0.05) is 11.8 Å². The number of aromatic amines is 2. The number of aromatic hydroxyl groups is 1. The lowest BCUT2D eigenvalue weighted by atomic mass is 10.0. The summed E-state index contributed by atoms with van der Waals surface area (Å²) in [6.45, 7) is 0. The summed E-state index contributed by atoms with van der Waals surface area (Å²) in [5, 5.41) is 13.0. The third-order valence-electron chi connectivity index (χ3n) is 4.82. The fourth-order valence-electron chi connectivity index (χ4n) is 3.50. The Hall–Kier alpha value is -4.00. The molecule has 0 radical (unpaired) electrons. The number of fused-ring (bicyclic) bond motifs is 3. The van der Waals surface area contributed by atoms with Crippen molar-refractivity contribution in [2.24, 2.45) is 0 Å². The number of hydrogen-bond acceptors (Lipinski definition) is 4. The fourth-order valence-corrected chi connectivity index (χ4v) is 3.50. The number of amides is 1. The van der Waals surface area contributed by atoms with E-state index in [1.807, 2.05) is 18.2 Å². The summed E-state index contributed by atoms with van der Waals surface area (Å²) in [6, 6.07) is 12.5. The predicted octanol–water partition coefficient (Wildman–Crippen LogP) is 3.76. The Morgan fingerprint density at radius 1 is 1.14 bits per heavy atom. The summed E-state index contributed by atoms with van der Waals surface area (Å²) in [7, 11) is 1.58. The number of anilines is 1. The largest absolute Gasteiger partial charge is 0.507 e. The van der Waals surface area contributed by atoms with E-state index in [1.54, 1.807) is 43.6 Å². The van der Waals surface area contributed by atoms with Crippen molar-refractivity contribution < 1.29 is 14.6 Å². The van der Waals surface area contributed by atoms with Crippen LogP contribution in [-0.2, 0) is 4.79 Å². The van der Waals surface area contributed by atoms with Crippen LogP contribution in [0.5, 0.6) is 11.5 Å². The van der Waals surface area contributed by atoms with Crippen molar-refractivity contribution in [3.8, 4) is 22.9 Å². The van der Waals surface area contributed by atoms with Crippen molar-refractivity contribution in [2.45, 2.75) is 0 Å². The molecule has 3 heterocycles. The highest BCUT2D eigenvalue weighted by Gasteiger charge is 2.28. The van der Waals surface area contributed by atoms with Crippen LogP contribution in [0.25, 0.3) is 34.1 Å². The van der Waals surface area contributed by atoms with Gasteiger partial charge in [0.2, 0.25) is 0 Å². The van der Waals surface area contributed by atoms with Crippen LogP contribution in [0.15, 0.2) is 48.7 Å². The number of H-pyrrole nitrogens is 2. The van der Waals surface area contributed by atoms with Crippen molar-refractivity contribution in [2.75, 3.05) is 12.4 Å². The maximum Gasteiger partial charge on any atom is 0.256 e. The van der Waals surface area contributed by atoms with Crippen LogP contribution in [0.2, 0.25) is 0 Å². The molecule has 0 aliphatic carbocycles. The van der Waals surface area contributed by atoms with E-state index in [0.29, 0.717) is 39.6 Å². The summed E-state index contributed by atoms with van der Waals surface area (Å²) in [6.07, 6.45) is 3.51. The van der Waals surface area contributed by atoms with Crippen LogP contribution in [0.1, 0.15) is 11.3 Å². The smallest absolute Gasteiger partial charge is 0.256 e. The third-order valence-corrected chi connectivity index (χ3v) is 4.82. The first-order valence-corrected chi connectivity index (χ1v) is 8.71. The summed E-state index contributed by atoms with van der Waals surface area (Å²) in [5.74, 6) is 1.13. The van der Waals surface area contributed by atoms with E-state index in [9.17, 15) is 9.90 Å². The van der Waals surface area contributed by atoms with Crippen LogP contribution in [0.3, 0.4) is 0 Å². The van der Waals surface area contributed by atoms with Crippen molar-refractivity contribution in [3.05, 3.63) is 59.9 Å². The van der Waals surface area contributed by atoms with E-state index < -0.39 is 0 Å². The first kappa shape index (κ1) is 16.2. The molecule has 0 bridgehead atoms. The van der Waals surface area contributed by atoms with Gasteiger partial charge in [-0.1, -0.05) is 12.1 Å². The summed E-state index contributed by atoms with van der Waals surface area (Å²) in [4.78, 5) is 23.6. The molecule has 5 rings (SSSR count). The lowest BCUT2D eigenvalue weighted by Crippen LogP contribution is -2.03. The number of methoxy groups -OCH3 is 1. The van der Waals surface area contributed by atoms with Crippen molar-refractivity contribution in [1.82, 2.24) is 15.0 Å². The lowest BCUT2D eigenvalue weighted by Gasteiger charge is -2.01. The maximum atomic E-state index is 12.6. The molecule has 0 saturated heterocycles. The van der Waals surface area contributed by atoms with Crippen LogP contribution in [0.4, 0.5) is 5.69 Å². The minimum atomic E-state index is -0.203. The Morgan fingerprint density at radius 2 is 2.00 bits per heavy atom. The van der Waals surface area contributed by atoms with Gasteiger partial charge >= 0.3 is 0 Å². The van der Waals surface area contributed by atoms with Gasteiger partial charge in [-0.3, -0.25) is 4.79 Å². The standard InChI is InChI=1S/C21H16N4O3/c1-28-17-8-9-22-15(17)10-12-18-13(24-21(12)27)6-7-14-19(18)25-20(23-14)11-4-2-3-5-16(11)26/h2-10,22,26H,1H3,(H,23,25)(H,24,27)/b12-10+. The Kier molecular flexibility index (Phi) is 3.48. The van der Waals surface area contributed by atoms with E-state index in [-0.39, 0.29) is 11.7 Å². The number of phenols is 1. The molecule has 0 atom stereocenters. The number of nitrogens with one attached hydrogen (secondary N) is 3. The number of rotatable bonds is 3. The molecule has 1 aliphatic heterocycles. The molecule has 0 fully saturated rings. The van der Waals surface area contributed by atoms with Gasteiger partial charge in [0.25, 0.3) is 5.91 Å². The Bertz CT molecular complexity index is 1270. The highest BCUT2D eigenvalue weighted by Crippen LogP contribution is 2.40. The summed E-state index contributed by atoms with van der Waals surface area (Å²) in [5.41, 5.74) is 4.65. The van der Waals surface area contributed by atoms with Crippen LogP contribution >= 0.6 is 0 Å². The first-order chi connectivity index (χ1) is 13.7. The van der Waals surface area contributed by atoms with E-state index in [0.717, 1.165) is 11.1 Å². The quantitative estimate of drug-likeness (QED) is 0.411. The number of carbonyl (C=O) groups excluding carboxylic acids is 1. The Morgan fingerprint density at radius 3 is 2.82 bits per heavy atom. The van der Waals surface area contributed by atoms with Crippen molar-refractivity contribution in [3.63, 3.8) is 0 Å². The molecule has 0 unspecified atom stereocenters. The first-order valence-electron chi connectivity index (χ1n) is 8.71. The SMILES string of the molecule is COc1cc[nH]c1/C=C1/C(=O)Nc2ccc3[nH]c(-c4ccccc4O)nc3c21. The van der Waals surface area contributed by atoms with E-state index in [2.05, 4.69) is 20.3 Å². The molecule has 0 spiro atoms. The molecule has 4 N–H and O–H groups in total. The number of aromatic nitrogens is 3. The predicted molar refractivity (Wildman–Crippen MR) is 107 cm³/mol. The number of phenolic OH excluding ortho intramolecular Hbond substituents is 1. The molecule has 7 nitrogen and oxygen atoms in total. The van der Waals surface area contributed by atoms with Crippen LogP contribution < -0.4 is 10.1 Å². The van der Waals surface area contributed by atoms with Gasteiger partial charge in [0.05, 0.1) is 40.7 Å². The second-order valence-corrected chi connectivity index (χ2v) is 6.46. The third kappa shape index (κ3) is 2.37. The number of benzene rings is 2. The molecule has 4 aromatic rings. The minimum absolute atomic E-state index is 0.138. The number of imidazole rings is 1. The number of para-hydroxylation sites is 1. The number of ether oxygens (including phenoxy) is 1. The number of carbonyl (C=O) groups is 1. The zero-order valence-electron chi connectivity index (χ0n) is 14.9. The highest BCUT2D eigenvalue weighted by atomic mass is 16.5. The molecule has 1 aliphatic rings. The van der Waals surface area contributed by atoms with Gasteiger partial charge in [-0.15, -0.1) is 0 Å². The number of nitrogens with zero attached hydrogens (tertiary/aromatic N) is 1. The maximum absolute atomic E-state index is 12.6. The molecule has 0 saturated carbocycles. The van der Waals surface area contributed by atoms with Crippen molar-refractivity contribution >= 4 is 34.3 Å². The zero-order chi connectivity index (χ0) is 19.3. The molecule has 2 aromatic carbocycles.